The highest BCUT2D eigenvalue weighted by Gasteiger charge is 2.23. The number of carbonyl (C=O) groups is 5. The number of amides is 1. The highest BCUT2D eigenvalue weighted by Crippen LogP contribution is 2.28. The molecule has 7 N–H and O–H groups in total. The summed E-state index contributed by atoms with van der Waals surface area (Å²) < 4.78 is 18.8. The fourth-order valence-electron chi connectivity index (χ4n) is 4.40. The van der Waals surface area contributed by atoms with Crippen molar-refractivity contribution in [2.45, 2.75) is 25.0 Å². The molecular formula is C29H32FN5O13. The zero-order valence-corrected chi connectivity index (χ0v) is 25.2. The number of rotatable bonds is 9. The normalized spacial score (nSPS) is 13.5. The summed E-state index contributed by atoms with van der Waals surface area (Å²) in [6.07, 6.45) is 2.61. The van der Waals surface area contributed by atoms with Crippen molar-refractivity contribution < 1.29 is 63.6 Å². The number of methoxy groups -OCH3 is 1. The smallest absolute Gasteiger partial charge is 0.414 e. The Kier molecular flexibility index (Phi) is 14.7. The Bertz CT molecular complexity index is 1600. The van der Waals surface area contributed by atoms with Crippen molar-refractivity contribution in [2.24, 2.45) is 0 Å². The molecule has 258 valence electrons. The molecule has 1 aliphatic rings. The van der Waals surface area contributed by atoms with E-state index in [1.165, 1.54) is 6.07 Å². The van der Waals surface area contributed by atoms with Gasteiger partial charge in [0.05, 0.1) is 30.2 Å². The largest absolute Gasteiger partial charge is 0.497 e. The molecule has 0 unspecified atom stereocenters. The van der Waals surface area contributed by atoms with E-state index in [4.69, 9.17) is 44.3 Å². The van der Waals surface area contributed by atoms with Gasteiger partial charge in [-0.15, -0.1) is 0 Å². The van der Waals surface area contributed by atoms with Gasteiger partial charge in [-0.05, 0) is 67.9 Å². The molecule has 0 radical (unpaired) electrons. The number of β-amino-alcohol motifs (C(OH)–C–C–N with tert-alkyl or cyclic N) is 1. The van der Waals surface area contributed by atoms with Crippen LogP contribution in [0.15, 0.2) is 48.7 Å². The number of nitrogens with one attached hydrogen (secondary N) is 2. The van der Waals surface area contributed by atoms with Gasteiger partial charge in [-0.2, -0.15) is 4.39 Å². The Morgan fingerprint density at radius 1 is 1.00 bits per heavy atom. The molecule has 0 saturated carbocycles. The molecule has 0 bridgehead atoms. The summed E-state index contributed by atoms with van der Waals surface area (Å²) in [5.74, 6) is -7.91. The van der Waals surface area contributed by atoms with Crippen molar-refractivity contribution >= 4 is 52.1 Å². The van der Waals surface area contributed by atoms with Crippen LogP contribution in [0.2, 0.25) is 0 Å². The predicted octanol–water partition coefficient (Wildman–Crippen LogP) is 1.33. The van der Waals surface area contributed by atoms with Crippen molar-refractivity contribution in [3.63, 3.8) is 0 Å². The van der Waals surface area contributed by atoms with Crippen molar-refractivity contribution in [3.8, 4) is 5.75 Å². The van der Waals surface area contributed by atoms with Crippen LogP contribution in [-0.2, 0) is 24.0 Å². The number of carboxylic acid groups (broad SMARTS) is 4. The Balaban J connectivity index is 0.000000570. The zero-order valence-electron chi connectivity index (χ0n) is 25.2. The number of aliphatic hydroxyl groups excluding tert-OH is 1. The number of ether oxygens (including phenoxy) is 1. The van der Waals surface area contributed by atoms with Gasteiger partial charge in [-0.3, -0.25) is 19.9 Å². The van der Waals surface area contributed by atoms with Crippen LogP contribution in [0, 0.1) is 15.9 Å². The highest BCUT2D eigenvalue weighted by molar-refractivity contribution is 6.27. The second kappa shape index (κ2) is 18.4. The van der Waals surface area contributed by atoms with E-state index in [0.29, 0.717) is 12.3 Å². The SMILES string of the molecule is COc1ccc2nccc([C@@H](O)CN3CCC(NCC(=O)Nc4ccc(F)c([N+](=O)[O-])c4)CC3)c2c1.O=C(O)C(=O)O.O=C(O)C(=O)O. The van der Waals surface area contributed by atoms with E-state index < -0.39 is 46.4 Å². The number of nitrogens with zero attached hydrogens (tertiary/aromatic N) is 3. The maximum Gasteiger partial charge on any atom is 0.414 e. The molecule has 1 aromatic heterocycles. The minimum atomic E-state index is -1.82. The van der Waals surface area contributed by atoms with E-state index in [9.17, 15) is 24.4 Å². The fraction of sp³-hybridized carbons (Fsp3) is 0.310. The molecule has 4 rings (SSSR count). The number of hydrogen-bond acceptors (Lipinski definition) is 12. The molecule has 18 nitrogen and oxygen atoms in total. The summed E-state index contributed by atoms with van der Waals surface area (Å²) in [6, 6.07) is 10.8. The minimum absolute atomic E-state index is 0.0311. The second-order valence-electron chi connectivity index (χ2n) is 9.95. The molecule has 1 atom stereocenters. The number of fused-ring (bicyclic) bond motifs is 1. The van der Waals surface area contributed by atoms with Crippen LogP contribution in [0.5, 0.6) is 5.75 Å². The number of piperidine rings is 1. The number of benzene rings is 2. The van der Waals surface area contributed by atoms with Gasteiger partial charge in [0, 0.05) is 35.9 Å². The number of aliphatic hydroxyl groups is 1. The summed E-state index contributed by atoms with van der Waals surface area (Å²) in [5, 5.41) is 58.0. The number of carboxylic acids is 4. The Labute approximate surface area is 270 Å². The molecule has 48 heavy (non-hydrogen) atoms. The first-order valence-corrected chi connectivity index (χ1v) is 13.9. The summed E-state index contributed by atoms with van der Waals surface area (Å²) in [7, 11) is 1.60. The number of carbonyl (C=O) groups excluding carboxylic acids is 1. The van der Waals surface area contributed by atoms with E-state index >= 15 is 0 Å². The molecule has 0 aliphatic carbocycles. The Morgan fingerprint density at radius 3 is 2.15 bits per heavy atom. The molecule has 1 amide bonds. The molecule has 1 saturated heterocycles. The number of hydrogen-bond donors (Lipinski definition) is 7. The van der Waals surface area contributed by atoms with Gasteiger partial charge < -0.3 is 45.8 Å². The van der Waals surface area contributed by atoms with Crippen LogP contribution < -0.4 is 15.4 Å². The number of nitro benzene ring substituents is 1. The minimum Gasteiger partial charge on any atom is -0.497 e. The van der Waals surface area contributed by atoms with Gasteiger partial charge in [0.1, 0.15) is 5.75 Å². The number of pyridine rings is 1. The lowest BCUT2D eigenvalue weighted by Crippen LogP contribution is -2.45. The number of aromatic nitrogens is 1. The maximum absolute atomic E-state index is 13.5. The van der Waals surface area contributed by atoms with E-state index in [1.807, 2.05) is 24.3 Å². The molecular weight excluding hydrogens is 645 g/mol. The van der Waals surface area contributed by atoms with Crippen LogP contribution in [0.1, 0.15) is 24.5 Å². The summed E-state index contributed by atoms with van der Waals surface area (Å²) in [4.78, 5) is 65.2. The third-order valence-electron chi connectivity index (χ3n) is 6.70. The van der Waals surface area contributed by atoms with Crippen molar-refractivity contribution in [1.29, 1.82) is 0 Å². The van der Waals surface area contributed by atoms with Crippen LogP contribution in [0.4, 0.5) is 15.8 Å². The number of anilines is 1. The van der Waals surface area contributed by atoms with Gasteiger partial charge in [0.25, 0.3) is 0 Å². The fourth-order valence-corrected chi connectivity index (χ4v) is 4.40. The topological polar surface area (TPSA) is 279 Å². The lowest BCUT2D eigenvalue weighted by molar-refractivity contribution is -0.387. The van der Waals surface area contributed by atoms with E-state index in [-0.39, 0.29) is 24.2 Å². The second-order valence-corrected chi connectivity index (χ2v) is 9.95. The zero-order chi connectivity index (χ0) is 36.0. The highest BCUT2D eigenvalue weighted by atomic mass is 19.1. The Morgan fingerprint density at radius 2 is 1.60 bits per heavy atom. The first kappa shape index (κ1) is 38.4. The average molecular weight is 678 g/mol. The average Bonchev–Trinajstić information content (AvgIpc) is 3.05. The molecule has 2 aromatic carbocycles. The summed E-state index contributed by atoms with van der Waals surface area (Å²) >= 11 is 0. The lowest BCUT2D eigenvalue weighted by atomic mass is 10.0. The quantitative estimate of drug-likeness (QED) is 0.0955. The molecule has 2 heterocycles. The monoisotopic (exact) mass is 677 g/mol. The standard InChI is InChI=1S/C25H28FN5O5.2C2H2O4/c1-36-18-3-5-22-20(13-18)19(6-9-27-22)24(32)15-30-10-7-16(8-11-30)28-14-25(33)29-17-2-4-21(26)23(12-17)31(34)35;2*3-1(4)2(5)6/h2-6,9,12-13,16,24,28,32H,7-8,10-11,14-15H2,1H3,(H,29,33);2*(H,3,4)(H,5,6)/t24-;;/m0../s1. The van der Waals surface area contributed by atoms with Crippen molar-refractivity contribution in [1.82, 2.24) is 15.2 Å². The predicted molar refractivity (Wildman–Crippen MR) is 163 cm³/mol. The third kappa shape index (κ3) is 12.2. The van der Waals surface area contributed by atoms with Crippen LogP contribution in [0.3, 0.4) is 0 Å². The van der Waals surface area contributed by atoms with Crippen molar-refractivity contribution in [3.05, 3.63) is 70.2 Å². The van der Waals surface area contributed by atoms with Crippen molar-refractivity contribution in [2.75, 3.05) is 38.6 Å². The third-order valence-corrected chi connectivity index (χ3v) is 6.70. The van der Waals surface area contributed by atoms with Crippen LogP contribution >= 0.6 is 0 Å². The molecule has 0 spiro atoms. The number of halogens is 1. The molecule has 1 aliphatic heterocycles. The summed E-state index contributed by atoms with van der Waals surface area (Å²) in [6.45, 7) is 2.02. The van der Waals surface area contributed by atoms with Crippen LogP contribution in [0.25, 0.3) is 10.9 Å². The van der Waals surface area contributed by atoms with E-state index in [2.05, 4.69) is 20.5 Å². The number of nitro groups is 1. The first-order chi connectivity index (χ1) is 22.6. The van der Waals surface area contributed by atoms with Crippen LogP contribution in [-0.4, -0.2) is 109 Å². The molecule has 1 fully saturated rings. The van der Waals surface area contributed by atoms with Gasteiger partial charge in [-0.1, -0.05) is 0 Å². The molecule has 3 aromatic rings. The Hall–Kier alpha value is -5.79. The van der Waals surface area contributed by atoms with E-state index in [0.717, 1.165) is 54.5 Å². The maximum atomic E-state index is 13.5. The first-order valence-electron chi connectivity index (χ1n) is 13.9. The molecule has 19 heteroatoms. The van der Waals surface area contributed by atoms with Gasteiger partial charge in [0.15, 0.2) is 0 Å². The lowest BCUT2D eigenvalue weighted by Gasteiger charge is -2.33. The van der Waals surface area contributed by atoms with E-state index in [1.54, 1.807) is 13.3 Å². The van der Waals surface area contributed by atoms with Gasteiger partial charge in [0.2, 0.25) is 11.7 Å². The van der Waals surface area contributed by atoms with Gasteiger partial charge >= 0.3 is 29.6 Å². The summed E-state index contributed by atoms with van der Waals surface area (Å²) in [5.41, 5.74) is 1.08. The number of likely N-dealkylation sites (tertiary alicyclic amines) is 1. The number of aliphatic carboxylic acids is 4. The van der Waals surface area contributed by atoms with Gasteiger partial charge in [-0.25, -0.2) is 19.2 Å².